The Labute approximate surface area is 181 Å². The molecule has 5 nitrogen and oxygen atoms in total. The van der Waals surface area contributed by atoms with Crippen molar-refractivity contribution in [1.29, 1.82) is 5.26 Å². The van der Waals surface area contributed by atoms with Gasteiger partial charge in [-0.25, -0.2) is 0 Å². The molecule has 142 valence electrons. The van der Waals surface area contributed by atoms with E-state index in [1.54, 1.807) is 12.3 Å². The van der Waals surface area contributed by atoms with Crippen molar-refractivity contribution in [3.8, 4) is 17.6 Å². The Morgan fingerprint density at radius 2 is 1.83 bits per heavy atom. The van der Waals surface area contributed by atoms with E-state index in [1.807, 2.05) is 54.6 Å². The zero-order valence-corrected chi connectivity index (χ0v) is 17.4. The van der Waals surface area contributed by atoms with Crippen molar-refractivity contribution in [3.05, 3.63) is 98.4 Å². The lowest BCUT2D eigenvalue weighted by atomic mass is 9.83. The molecule has 0 saturated carbocycles. The highest BCUT2D eigenvalue weighted by molar-refractivity contribution is 14.1. The molecule has 0 radical (unpaired) electrons. The highest BCUT2D eigenvalue weighted by Crippen LogP contribution is 2.44. The first-order chi connectivity index (χ1) is 14.1. The Kier molecular flexibility index (Phi) is 5.23. The van der Waals surface area contributed by atoms with E-state index in [-0.39, 0.29) is 17.6 Å². The quantitative estimate of drug-likeness (QED) is 0.399. The minimum Gasteiger partial charge on any atom is -0.507 e. The molecule has 0 bridgehead atoms. The molecule has 0 amide bonds. The van der Waals surface area contributed by atoms with Crippen LogP contribution in [0.5, 0.6) is 11.5 Å². The van der Waals surface area contributed by atoms with Crippen molar-refractivity contribution in [1.82, 2.24) is 0 Å². The number of hydrogen-bond donors (Lipinski definition) is 2. The van der Waals surface area contributed by atoms with Gasteiger partial charge in [-0.1, -0.05) is 30.3 Å². The van der Waals surface area contributed by atoms with Crippen LogP contribution >= 0.6 is 22.6 Å². The number of phenolic OH excluding ortho intramolecular Hbond substituents is 1. The summed E-state index contributed by atoms with van der Waals surface area (Å²) in [6, 6.07) is 22.8. The van der Waals surface area contributed by atoms with Crippen LogP contribution in [0.25, 0.3) is 0 Å². The minimum atomic E-state index is -0.379. The molecule has 29 heavy (non-hydrogen) atoms. The maximum absolute atomic E-state index is 10.5. The van der Waals surface area contributed by atoms with Gasteiger partial charge < -0.3 is 15.6 Å². The number of rotatable bonds is 3. The van der Waals surface area contributed by atoms with Gasteiger partial charge in [-0.15, -0.1) is 0 Å². The lowest BCUT2D eigenvalue weighted by Crippen LogP contribution is -2.21. The van der Waals surface area contributed by atoms with E-state index in [2.05, 4.69) is 33.7 Å². The molecule has 1 atom stereocenters. The van der Waals surface area contributed by atoms with Crippen molar-refractivity contribution in [2.45, 2.75) is 5.92 Å². The van der Waals surface area contributed by atoms with Crippen molar-refractivity contribution in [3.63, 3.8) is 0 Å². The van der Waals surface area contributed by atoms with Gasteiger partial charge in [0.05, 0.1) is 11.6 Å². The Morgan fingerprint density at radius 1 is 1.10 bits per heavy atom. The van der Waals surface area contributed by atoms with E-state index in [0.717, 1.165) is 20.4 Å². The fraction of sp³-hybridized carbons (Fsp3) is 0.0435. The average molecular weight is 493 g/mol. The number of allylic oxidation sites excluding steroid dienone is 1. The van der Waals surface area contributed by atoms with Crippen LogP contribution in [0, 0.1) is 14.9 Å². The van der Waals surface area contributed by atoms with Gasteiger partial charge >= 0.3 is 0 Å². The molecule has 1 aliphatic rings. The van der Waals surface area contributed by atoms with E-state index >= 15 is 0 Å². The molecule has 1 unspecified atom stereocenters. The van der Waals surface area contributed by atoms with Crippen LogP contribution in [0.4, 0.5) is 5.69 Å². The van der Waals surface area contributed by atoms with Gasteiger partial charge in [0.15, 0.2) is 0 Å². The first kappa shape index (κ1) is 19.0. The zero-order chi connectivity index (χ0) is 20.4. The second-order valence-corrected chi connectivity index (χ2v) is 7.76. The van der Waals surface area contributed by atoms with Gasteiger partial charge in [-0.2, -0.15) is 5.26 Å². The van der Waals surface area contributed by atoms with Crippen LogP contribution in [0.3, 0.4) is 0 Å². The average Bonchev–Trinajstić information content (AvgIpc) is 2.73. The van der Waals surface area contributed by atoms with E-state index in [4.69, 9.17) is 10.5 Å². The Balaban J connectivity index is 1.80. The van der Waals surface area contributed by atoms with Crippen molar-refractivity contribution >= 4 is 34.5 Å². The van der Waals surface area contributed by atoms with Gasteiger partial charge in [0.1, 0.15) is 23.1 Å². The maximum atomic E-state index is 10.5. The molecule has 6 heteroatoms. The predicted octanol–water partition coefficient (Wildman–Crippen LogP) is 4.97. The summed E-state index contributed by atoms with van der Waals surface area (Å²) < 4.78 is 6.75. The molecule has 1 heterocycles. The lowest BCUT2D eigenvalue weighted by molar-refractivity contribution is 0.388. The molecule has 3 aromatic carbocycles. The van der Waals surface area contributed by atoms with Gasteiger partial charge in [-0.05, 0) is 58.5 Å². The van der Waals surface area contributed by atoms with Crippen LogP contribution in [-0.4, -0.2) is 11.3 Å². The number of halogens is 1. The summed E-state index contributed by atoms with van der Waals surface area (Å²) in [5.74, 6) is 0.127. The Hall–Kier alpha value is -3.31. The number of nitrogens with two attached hydrogens (primary N) is 1. The first-order valence-corrected chi connectivity index (χ1v) is 9.94. The standard InChI is InChI=1S/C23H16IN3O2/c24-16-6-8-17(9-7-16)27-13-15-10-18-21(11-20(15)28)29-23(26)19(12-25)22(18)14-4-2-1-3-5-14/h1-11,13,22,28H,26H2. The van der Waals surface area contributed by atoms with Crippen molar-refractivity contribution in [2.75, 3.05) is 0 Å². The number of nitrogens with zero attached hydrogens (tertiary/aromatic N) is 2. The number of aromatic hydroxyl groups is 1. The van der Waals surface area contributed by atoms with Gasteiger partial charge in [0, 0.05) is 27.0 Å². The lowest BCUT2D eigenvalue weighted by Gasteiger charge is -2.27. The van der Waals surface area contributed by atoms with Gasteiger partial charge in [0.25, 0.3) is 0 Å². The van der Waals surface area contributed by atoms with E-state index in [9.17, 15) is 10.4 Å². The normalized spacial score (nSPS) is 15.7. The van der Waals surface area contributed by atoms with Crippen LogP contribution in [0.15, 0.2) is 83.2 Å². The van der Waals surface area contributed by atoms with Crippen molar-refractivity contribution in [2.24, 2.45) is 10.7 Å². The Morgan fingerprint density at radius 3 is 2.52 bits per heavy atom. The molecular weight excluding hydrogens is 477 g/mol. The number of aliphatic imine (C=N–C) groups is 1. The summed E-state index contributed by atoms with van der Waals surface area (Å²) in [5, 5.41) is 20.1. The number of benzene rings is 3. The fourth-order valence-corrected chi connectivity index (χ4v) is 3.63. The summed E-state index contributed by atoms with van der Waals surface area (Å²) in [4.78, 5) is 4.45. The number of fused-ring (bicyclic) bond motifs is 1. The third-order valence-corrected chi connectivity index (χ3v) is 5.40. The molecule has 1 aliphatic heterocycles. The van der Waals surface area contributed by atoms with Crippen LogP contribution < -0.4 is 10.5 Å². The summed E-state index contributed by atoms with van der Waals surface area (Å²) in [5.41, 5.74) is 9.32. The Bertz CT molecular complexity index is 1160. The van der Waals surface area contributed by atoms with Crippen LogP contribution in [0.2, 0.25) is 0 Å². The van der Waals surface area contributed by atoms with E-state index < -0.39 is 0 Å². The third kappa shape index (κ3) is 3.82. The number of nitriles is 1. The SMILES string of the molecule is N#CC1=C(N)Oc2cc(O)c(C=Nc3ccc(I)cc3)cc2C1c1ccccc1. The molecule has 0 aliphatic carbocycles. The summed E-state index contributed by atoms with van der Waals surface area (Å²) in [7, 11) is 0. The molecular formula is C23H16IN3O2. The largest absolute Gasteiger partial charge is 0.507 e. The fourth-order valence-electron chi connectivity index (χ4n) is 3.27. The molecule has 0 fully saturated rings. The van der Waals surface area contributed by atoms with Crippen LogP contribution in [0.1, 0.15) is 22.6 Å². The topological polar surface area (TPSA) is 91.6 Å². The molecule has 0 aromatic heterocycles. The summed E-state index contributed by atoms with van der Waals surface area (Å²) in [6.45, 7) is 0. The van der Waals surface area contributed by atoms with E-state index in [1.165, 1.54) is 6.07 Å². The van der Waals surface area contributed by atoms with Gasteiger partial charge in [-0.3, -0.25) is 4.99 Å². The molecule has 0 spiro atoms. The summed E-state index contributed by atoms with van der Waals surface area (Å²) in [6.07, 6.45) is 1.60. The van der Waals surface area contributed by atoms with Gasteiger partial charge in [0.2, 0.25) is 5.88 Å². The maximum Gasteiger partial charge on any atom is 0.205 e. The highest BCUT2D eigenvalue weighted by atomic mass is 127. The predicted molar refractivity (Wildman–Crippen MR) is 120 cm³/mol. The molecule has 3 N–H and O–H groups in total. The molecule has 4 rings (SSSR count). The third-order valence-electron chi connectivity index (χ3n) is 4.68. The summed E-state index contributed by atoms with van der Waals surface area (Å²) >= 11 is 2.23. The zero-order valence-electron chi connectivity index (χ0n) is 15.2. The number of hydrogen-bond acceptors (Lipinski definition) is 5. The monoisotopic (exact) mass is 493 g/mol. The second-order valence-electron chi connectivity index (χ2n) is 6.52. The number of ether oxygens (including phenoxy) is 1. The number of phenols is 1. The second kappa shape index (κ2) is 7.97. The first-order valence-electron chi connectivity index (χ1n) is 8.86. The highest BCUT2D eigenvalue weighted by Gasteiger charge is 2.31. The molecule has 0 saturated heterocycles. The smallest absolute Gasteiger partial charge is 0.205 e. The minimum absolute atomic E-state index is 0.0260. The van der Waals surface area contributed by atoms with Crippen molar-refractivity contribution < 1.29 is 9.84 Å². The van der Waals surface area contributed by atoms with E-state index in [0.29, 0.717) is 16.9 Å². The molecule has 3 aromatic rings. The van der Waals surface area contributed by atoms with Crippen LogP contribution in [-0.2, 0) is 0 Å².